The van der Waals surface area contributed by atoms with E-state index < -0.39 is 10.0 Å². The second kappa shape index (κ2) is 7.53. The summed E-state index contributed by atoms with van der Waals surface area (Å²) in [7, 11) is -0.0646. The Morgan fingerprint density at radius 1 is 1.42 bits per heavy atom. The van der Waals surface area contributed by atoms with E-state index in [2.05, 4.69) is 4.72 Å². The van der Waals surface area contributed by atoms with Crippen LogP contribution in [-0.4, -0.2) is 69.6 Å². The van der Waals surface area contributed by atoms with Gasteiger partial charge in [0.15, 0.2) is 0 Å². The molecule has 1 N–H and O–H groups in total. The standard InChI is InChI=1S/C17H25N3O5S/c1-11-9-20(4)17(22)14-8-13(18-26(5,23)24)6-7-15(14)25-16(11)10-19(3)12(2)21/h6-8,11,16,18H,9-10H2,1-5H3/t11-,16-/m1/s1. The van der Waals surface area contributed by atoms with E-state index in [4.69, 9.17) is 4.74 Å². The van der Waals surface area contributed by atoms with E-state index in [1.165, 1.54) is 13.0 Å². The molecule has 26 heavy (non-hydrogen) atoms. The van der Waals surface area contributed by atoms with Crippen LogP contribution < -0.4 is 9.46 Å². The number of nitrogens with zero attached hydrogens (tertiary/aromatic N) is 2. The van der Waals surface area contributed by atoms with Gasteiger partial charge >= 0.3 is 0 Å². The van der Waals surface area contributed by atoms with Crippen molar-refractivity contribution in [3.63, 3.8) is 0 Å². The Morgan fingerprint density at radius 3 is 2.65 bits per heavy atom. The molecule has 0 unspecified atom stereocenters. The first-order valence-corrected chi connectivity index (χ1v) is 10.1. The van der Waals surface area contributed by atoms with Crippen molar-refractivity contribution in [2.75, 3.05) is 38.2 Å². The minimum absolute atomic E-state index is 0.00715. The van der Waals surface area contributed by atoms with Crippen LogP contribution >= 0.6 is 0 Å². The summed E-state index contributed by atoms with van der Waals surface area (Å²) in [6.07, 6.45) is 0.746. The molecule has 8 nitrogen and oxygen atoms in total. The molecule has 1 aliphatic heterocycles. The molecule has 0 aromatic heterocycles. The molecule has 1 aliphatic rings. The van der Waals surface area contributed by atoms with Gasteiger partial charge in [-0.1, -0.05) is 6.92 Å². The Balaban J connectivity index is 2.40. The van der Waals surface area contributed by atoms with Crippen molar-refractivity contribution in [2.45, 2.75) is 20.0 Å². The molecule has 2 rings (SSSR count). The SMILES string of the molecule is CC(=O)N(C)C[C@H]1Oc2ccc(NS(C)(=O)=O)cc2C(=O)N(C)C[C@H]1C. The van der Waals surface area contributed by atoms with Crippen molar-refractivity contribution in [1.82, 2.24) is 9.80 Å². The van der Waals surface area contributed by atoms with E-state index in [1.807, 2.05) is 6.92 Å². The number of ether oxygens (including phenoxy) is 1. The molecule has 1 aromatic rings. The van der Waals surface area contributed by atoms with E-state index in [0.717, 1.165) is 6.26 Å². The number of carbonyl (C=O) groups is 2. The lowest BCUT2D eigenvalue weighted by molar-refractivity contribution is -0.129. The lowest BCUT2D eigenvalue weighted by Gasteiger charge is -2.34. The third kappa shape index (κ3) is 4.87. The van der Waals surface area contributed by atoms with Crippen LogP contribution in [0.15, 0.2) is 18.2 Å². The molecule has 0 aliphatic carbocycles. The summed E-state index contributed by atoms with van der Waals surface area (Å²) in [5, 5.41) is 0. The normalized spacial score (nSPS) is 20.5. The quantitative estimate of drug-likeness (QED) is 0.837. The number of anilines is 1. The maximum atomic E-state index is 12.7. The van der Waals surface area contributed by atoms with Crippen LogP contribution in [0.25, 0.3) is 0 Å². The van der Waals surface area contributed by atoms with Gasteiger partial charge < -0.3 is 14.5 Å². The van der Waals surface area contributed by atoms with Crippen molar-refractivity contribution in [2.24, 2.45) is 5.92 Å². The molecule has 0 bridgehead atoms. The number of benzene rings is 1. The Bertz CT molecular complexity index is 809. The molecular formula is C17H25N3O5S. The number of nitrogens with one attached hydrogen (secondary N) is 1. The van der Waals surface area contributed by atoms with E-state index in [0.29, 0.717) is 24.5 Å². The number of hydrogen-bond acceptors (Lipinski definition) is 5. The van der Waals surface area contributed by atoms with Gasteiger partial charge in [-0.15, -0.1) is 0 Å². The second-order valence-corrected chi connectivity index (χ2v) is 8.55. The molecule has 9 heteroatoms. The fourth-order valence-electron chi connectivity index (χ4n) is 2.81. The average Bonchev–Trinajstić information content (AvgIpc) is 2.52. The zero-order valence-corrected chi connectivity index (χ0v) is 16.5. The largest absolute Gasteiger partial charge is 0.487 e. The monoisotopic (exact) mass is 383 g/mol. The molecule has 2 atom stereocenters. The predicted octanol–water partition coefficient (Wildman–Crippen LogP) is 1.01. The molecule has 0 spiro atoms. The van der Waals surface area contributed by atoms with Crippen molar-refractivity contribution in [3.8, 4) is 5.75 Å². The van der Waals surface area contributed by atoms with Crippen LogP contribution in [0.1, 0.15) is 24.2 Å². The van der Waals surface area contributed by atoms with Gasteiger partial charge in [0.05, 0.1) is 18.4 Å². The van der Waals surface area contributed by atoms with Crippen molar-refractivity contribution >= 4 is 27.5 Å². The average molecular weight is 383 g/mol. The maximum Gasteiger partial charge on any atom is 0.257 e. The first-order chi connectivity index (χ1) is 12.0. The van der Waals surface area contributed by atoms with Crippen LogP contribution in [0.5, 0.6) is 5.75 Å². The topological polar surface area (TPSA) is 96.0 Å². The summed E-state index contributed by atoms with van der Waals surface area (Å²) < 4.78 is 31.3. The predicted molar refractivity (Wildman–Crippen MR) is 98.8 cm³/mol. The molecular weight excluding hydrogens is 358 g/mol. The summed E-state index contributed by atoms with van der Waals surface area (Å²) in [6.45, 7) is 4.30. The summed E-state index contributed by atoms with van der Waals surface area (Å²) in [5.74, 6) is 0.0599. The number of amides is 2. The summed E-state index contributed by atoms with van der Waals surface area (Å²) >= 11 is 0. The Kier molecular flexibility index (Phi) is 5.80. The lowest BCUT2D eigenvalue weighted by atomic mass is 10.0. The first-order valence-electron chi connectivity index (χ1n) is 8.23. The smallest absolute Gasteiger partial charge is 0.257 e. The highest BCUT2D eigenvalue weighted by atomic mass is 32.2. The Labute approximate surface area is 154 Å². The van der Waals surface area contributed by atoms with Gasteiger partial charge in [-0.05, 0) is 18.2 Å². The zero-order valence-electron chi connectivity index (χ0n) is 15.6. The Morgan fingerprint density at radius 2 is 2.08 bits per heavy atom. The van der Waals surface area contributed by atoms with Crippen LogP contribution in [0, 0.1) is 5.92 Å². The van der Waals surface area contributed by atoms with Crippen LogP contribution in [0.3, 0.4) is 0 Å². The summed E-state index contributed by atoms with van der Waals surface area (Å²) in [4.78, 5) is 27.4. The molecule has 1 heterocycles. The van der Waals surface area contributed by atoms with Gasteiger partial charge in [0, 0.05) is 39.2 Å². The molecule has 0 fully saturated rings. The number of likely N-dealkylation sites (N-methyl/N-ethyl adjacent to an activating group) is 1. The minimum Gasteiger partial charge on any atom is -0.487 e. The highest BCUT2D eigenvalue weighted by molar-refractivity contribution is 7.92. The second-order valence-electron chi connectivity index (χ2n) is 6.80. The fraction of sp³-hybridized carbons (Fsp3) is 0.529. The molecule has 144 valence electrons. The van der Waals surface area contributed by atoms with Crippen LogP contribution in [0.2, 0.25) is 0 Å². The third-order valence-electron chi connectivity index (χ3n) is 4.33. The van der Waals surface area contributed by atoms with Gasteiger partial charge in [-0.2, -0.15) is 0 Å². The minimum atomic E-state index is -3.46. The molecule has 0 saturated heterocycles. The fourth-order valence-corrected chi connectivity index (χ4v) is 3.37. The maximum absolute atomic E-state index is 12.7. The van der Waals surface area contributed by atoms with E-state index >= 15 is 0 Å². The molecule has 1 aromatic carbocycles. The van der Waals surface area contributed by atoms with Gasteiger partial charge in [-0.3, -0.25) is 14.3 Å². The van der Waals surface area contributed by atoms with Crippen molar-refractivity contribution < 1.29 is 22.7 Å². The number of sulfonamides is 1. The van der Waals surface area contributed by atoms with E-state index in [-0.39, 0.29) is 29.4 Å². The van der Waals surface area contributed by atoms with Crippen LogP contribution in [-0.2, 0) is 14.8 Å². The highest BCUT2D eigenvalue weighted by Crippen LogP contribution is 2.29. The third-order valence-corrected chi connectivity index (χ3v) is 4.93. The Hall–Kier alpha value is -2.29. The van der Waals surface area contributed by atoms with Gasteiger partial charge in [0.25, 0.3) is 5.91 Å². The van der Waals surface area contributed by atoms with Crippen LogP contribution in [0.4, 0.5) is 5.69 Å². The summed E-state index contributed by atoms with van der Waals surface area (Å²) in [5.41, 5.74) is 0.575. The van der Waals surface area contributed by atoms with Crippen molar-refractivity contribution in [1.29, 1.82) is 0 Å². The molecule has 0 radical (unpaired) electrons. The summed E-state index contributed by atoms with van der Waals surface area (Å²) in [6, 6.07) is 4.59. The molecule has 0 saturated carbocycles. The number of rotatable bonds is 4. The lowest BCUT2D eigenvalue weighted by Crippen LogP contribution is -2.45. The number of hydrogen-bond donors (Lipinski definition) is 1. The highest BCUT2D eigenvalue weighted by Gasteiger charge is 2.30. The first kappa shape index (κ1) is 20.0. The van der Waals surface area contributed by atoms with E-state index in [1.54, 1.807) is 36.0 Å². The van der Waals surface area contributed by atoms with E-state index in [9.17, 15) is 18.0 Å². The van der Waals surface area contributed by atoms with Gasteiger partial charge in [0.1, 0.15) is 11.9 Å². The molecule has 2 amide bonds. The van der Waals surface area contributed by atoms with Gasteiger partial charge in [0.2, 0.25) is 15.9 Å². The number of carbonyl (C=O) groups excluding carboxylic acids is 2. The van der Waals surface area contributed by atoms with Gasteiger partial charge in [-0.25, -0.2) is 8.42 Å². The zero-order chi connectivity index (χ0) is 19.6. The van der Waals surface area contributed by atoms with Crippen molar-refractivity contribution in [3.05, 3.63) is 23.8 Å². The number of fused-ring (bicyclic) bond motifs is 1.